The van der Waals surface area contributed by atoms with Gasteiger partial charge in [0.2, 0.25) is 11.6 Å². The molecule has 0 aromatic heterocycles. The largest absolute Gasteiger partial charge is 0.396 e. The monoisotopic (exact) mass is 348 g/mol. The van der Waals surface area contributed by atoms with Crippen LogP contribution in [0.5, 0.6) is 0 Å². The number of hydrogen-bond acceptors (Lipinski definition) is 5. The maximum atomic E-state index is 11.8. The number of carbonyl (C=O) groups excluding carboxylic acids is 3. The van der Waals surface area contributed by atoms with Crippen LogP contribution in [-0.2, 0) is 14.4 Å². The highest BCUT2D eigenvalue weighted by Crippen LogP contribution is 2.07. The second kappa shape index (κ2) is 11.5. The van der Waals surface area contributed by atoms with Crippen LogP contribution in [0.25, 0.3) is 0 Å². The lowest BCUT2D eigenvalue weighted by molar-refractivity contribution is -0.416. The van der Waals surface area contributed by atoms with Gasteiger partial charge < -0.3 is 11.1 Å². The molecule has 6 nitrogen and oxygen atoms in total. The Bertz CT molecular complexity index is 437. The minimum absolute atomic E-state index is 0.0221. The van der Waals surface area contributed by atoms with Crippen molar-refractivity contribution in [3.05, 3.63) is 0 Å². The summed E-state index contributed by atoms with van der Waals surface area (Å²) in [6.45, 7) is 4.53. The van der Waals surface area contributed by atoms with Crippen LogP contribution in [0.4, 0.5) is 0 Å². The van der Waals surface area contributed by atoms with E-state index in [1.165, 1.54) is 16.3 Å². The smallest absolute Gasteiger partial charge is 0.361 e. The van der Waals surface area contributed by atoms with Crippen LogP contribution in [0.15, 0.2) is 0 Å². The summed E-state index contributed by atoms with van der Waals surface area (Å²) in [5, 5.41) is 3.21. The maximum absolute atomic E-state index is 11.8. The Balaban J connectivity index is 4.33. The molecule has 0 saturated carbocycles. The number of rotatable bonds is 10. The highest BCUT2D eigenvalue weighted by molar-refractivity contribution is 8.00. The van der Waals surface area contributed by atoms with Crippen molar-refractivity contribution in [1.82, 2.24) is 5.32 Å². The van der Waals surface area contributed by atoms with E-state index < -0.39 is 5.91 Å². The molecule has 0 fully saturated rings. The summed E-state index contributed by atoms with van der Waals surface area (Å²) in [5.74, 6) is -0.0458. The van der Waals surface area contributed by atoms with Crippen LogP contribution in [-0.4, -0.2) is 64.6 Å². The Hall–Kier alpha value is -1.02. The first-order valence-corrected chi connectivity index (χ1v) is 9.53. The van der Waals surface area contributed by atoms with Crippen LogP contribution in [0, 0.1) is 0 Å². The third-order valence-corrected chi connectivity index (χ3v) is 4.42. The number of amides is 3. The molecule has 0 heterocycles. The van der Waals surface area contributed by atoms with Crippen LogP contribution >= 0.6 is 23.5 Å². The van der Waals surface area contributed by atoms with Crippen LogP contribution in [0.2, 0.25) is 0 Å². The Labute approximate surface area is 140 Å². The molecule has 0 aliphatic rings. The molecule has 0 rings (SSSR count). The Kier molecular flexibility index (Phi) is 11.0. The van der Waals surface area contributed by atoms with Crippen LogP contribution in [0.1, 0.15) is 26.7 Å². The molecule has 0 aliphatic heterocycles. The molecule has 0 saturated heterocycles. The molecular formula is C14H26N3O3S2+. The zero-order valence-electron chi connectivity index (χ0n) is 13.7. The van der Waals surface area contributed by atoms with E-state index in [4.69, 9.17) is 5.73 Å². The fraction of sp³-hybridized carbons (Fsp3) is 0.714. The van der Waals surface area contributed by atoms with Crippen molar-refractivity contribution < 1.29 is 19.0 Å². The van der Waals surface area contributed by atoms with Crippen molar-refractivity contribution in [3.63, 3.8) is 0 Å². The number of carbonyl (C=O) groups is 3. The molecule has 0 aromatic carbocycles. The molecule has 0 aliphatic carbocycles. The standard InChI is InChI=1S/C14H25N3O3S2/c1-10(2)22-8-12(18)16-7-5-6-11(14(15)20)17(3)13(19)9-21-4/h10H,5-9H2,1-4H3,(H2-,15,16,18,20)/p+1. The lowest BCUT2D eigenvalue weighted by Crippen LogP contribution is -2.36. The number of nitrogens with one attached hydrogen (secondary N) is 1. The average molecular weight is 349 g/mol. The van der Waals surface area contributed by atoms with Gasteiger partial charge in [-0.1, -0.05) is 13.8 Å². The molecule has 126 valence electrons. The van der Waals surface area contributed by atoms with Crippen molar-refractivity contribution in [2.24, 2.45) is 5.73 Å². The van der Waals surface area contributed by atoms with Gasteiger partial charge in [-0.2, -0.15) is 16.3 Å². The maximum Gasteiger partial charge on any atom is 0.396 e. The summed E-state index contributed by atoms with van der Waals surface area (Å²) in [6.07, 6.45) is 2.75. The first-order valence-electron chi connectivity index (χ1n) is 7.09. The summed E-state index contributed by atoms with van der Waals surface area (Å²) in [6, 6.07) is 0. The second-order valence-corrected chi connectivity index (χ2v) is 7.44. The summed E-state index contributed by atoms with van der Waals surface area (Å²) < 4.78 is 1.31. The van der Waals surface area contributed by atoms with Gasteiger partial charge in [0, 0.05) is 13.0 Å². The van der Waals surface area contributed by atoms with E-state index in [1.807, 2.05) is 20.1 Å². The first kappa shape index (κ1) is 21.0. The fourth-order valence-corrected chi connectivity index (χ4v) is 2.63. The molecule has 0 aromatic rings. The lowest BCUT2D eigenvalue weighted by Gasteiger charge is -2.06. The van der Waals surface area contributed by atoms with E-state index in [2.05, 4.69) is 5.32 Å². The van der Waals surface area contributed by atoms with Crippen molar-refractivity contribution in [2.75, 3.05) is 31.4 Å². The highest BCUT2D eigenvalue weighted by Gasteiger charge is 2.23. The Morgan fingerprint density at radius 2 is 1.86 bits per heavy atom. The number of nitrogens with two attached hydrogens (primary N) is 1. The zero-order chi connectivity index (χ0) is 17.1. The molecule has 0 bridgehead atoms. The van der Waals surface area contributed by atoms with E-state index >= 15 is 0 Å². The number of hydrogen-bond donors (Lipinski definition) is 2. The summed E-state index contributed by atoms with van der Waals surface area (Å²) in [4.78, 5) is 34.8. The molecule has 22 heavy (non-hydrogen) atoms. The van der Waals surface area contributed by atoms with Gasteiger partial charge in [0.15, 0.2) is 0 Å². The molecule has 8 heteroatoms. The molecule has 0 atom stereocenters. The molecule has 3 amide bonds. The highest BCUT2D eigenvalue weighted by atomic mass is 32.2. The van der Waals surface area contributed by atoms with Gasteiger partial charge in [-0.05, 0) is 17.9 Å². The topological polar surface area (TPSA) is 92.3 Å². The van der Waals surface area contributed by atoms with Gasteiger partial charge in [-0.15, -0.1) is 11.8 Å². The van der Waals surface area contributed by atoms with Crippen molar-refractivity contribution >= 4 is 47.0 Å². The fourth-order valence-electron chi connectivity index (χ4n) is 1.60. The summed E-state index contributed by atoms with van der Waals surface area (Å²) in [7, 11) is 1.55. The molecule has 3 N–H and O–H groups in total. The van der Waals surface area contributed by atoms with Gasteiger partial charge in [0.25, 0.3) is 0 Å². The van der Waals surface area contributed by atoms with Gasteiger partial charge in [-0.3, -0.25) is 9.59 Å². The van der Waals surface area contributed by atoms with Crippen molar-refractivity contribution in [2.45, 2.75) is 31.9 Å². The molecule has 0 radical (unpaired) electrons. The Morgan fingerprint density at radius 1 is 1.23 bits per heavy atom. The van der Waals surface area contributed by atoms with E-state index in [1.54, 1.807) is 18.8 Å². The minimum atomic E-state index is -0.598. The third kappa shape index (κ3) is 9.09. The van der Waals surface area contributed by atoms with E-state index in [0.717, 1.165) is 0 Å². The number of primary amides is 1. The summed E-state index contributed by atoms with van der Waals surface area (Å²) >= 11 is 2.97. The first-order chi connectivity index (χ1) is 10.3. The van der Waals surface area contributed by atoms with Gasteiger partial charge in [0.05, 0.1) is 5.75 Å². The van der Waals surface area contributed by atoms with Gasteiger partial charge in [0.1, 0.15) is 12.8 Å². The number of nitrogens with zero attached hydrogens (tertiary/aromatic N) is 1. The van der Waals surface area contributed by atoms with Gasteiger partial charge in [-0.25, -0.2) is 4.79 Å². The predicted molar refractivity (Wildman–Crippen MR) is 93.6 cm³/mol. The van der Waals surface area contributed by atoms with E-state index in [-0.39, 0.29) is 17.5 Å². The minimum Gasteiger partial charge on any atom is -0.361 e. The summed E-state index contributed by atoms with van der Waals surface area (Å²) in [5.41, 5.74) is 5.61. The van der Waals surface area contributed by atoms with Crippen LogP contribution in [0.3, 0.4) is 0 Å². The molecule has 0 unspecified atom stereocenters. The van der Waals surface area contributed by atoms with Gasteiger partial charge >= 0.3 is 11.8 Å². The van der Waals surface area contributed by atoms with Crippen molar-refractivity contribution in [1.29, 1.82) is 0 Å². The molecule has 0 spiro atoms. The molecular weight excluding hydrogens is 322 g/mol. The van der Waals surface area contributed by atoms with E-state index in [9.17, 15) is 14.4 Å². The van der Waals surface area contributed by atoms with Crippen LogP contribution < -0.4 is 11.1 Å². The Morgan fingerprint density at radius 3 is 2.36 bits per heavy atom. The van der Waals surface area contributed by atoms with Crippen molar-refractivity contribution in [3.8, 4) is 0 Å². The zero-order valence-corrected chi connectivity index (χ0v) is 15.3. The number of thioether (sulfide) groups is 2. The third-order valence-electron chi connectivity index (χ3n) is 2.79. The van der Waals surface area contributed by atoms with E-state index in [0.29, 0.717) is 36.1 Å². The lowest BCUT2D eigenvalue weighted by atomic mass is 10.2. The normalized spacial score (nSPS) is 12.0. The quantitative estimate of drug-likeness (QED) is 0.340. The second-order valence-electron chi connectivity index (χ2n) is 5.01. The SMILES string of the molecule is CSCC(=O)[N+](C)=C(CCCNC(=O)CSC(C)C)C(N)=O. The predicted octanol–water partition coefficient (Wildman–Crippen LogP) is 0.483. The average Bonchev–Trinajstić information content (AvgIpc) is 2.44.